The molecule has 0 aliphatic carbocycles. The Balaban J connectivity index is 1.74. The van der Waals surface area contributed by atoms with Crippen LogP contribution in [0.25, 0.3) is 0 Å². The monoisotopic (exact) mass is 422 g/mol. The Morgan fingerprint density at radius 1 is 1.29 bits per heavy atom. The first-order chi connectivity index (χ1) is 13.4. The summed E-state index contributed by atoms with van der Waals surface area (Å²) in [6.45, 7) is 4.82. The summed E-state index contributed by atoms with van der Waals surface area (Å²) in [7, 11) is 1.68. The molecule has 0 aliphatic rings. The quantitative estimate of drug-likeness (QED) is 0.565. The number of rotatable bonds is 7. The summed E-state index contributed by atoms with van der Waals surface area (Å²) in [4.78, 5) is 14.5. The fourth-order valence-corrected chi connectivity index (χ4v) is 3.04. The van der Waals surface area contributed by atoms with Gasteiger partial charge in [0.25, 0.3) is 5.91 Å². The number of benzene rings is 1. The number of aromatic nitrogens is 3. The van der Waals surface area contributed by atoms with Crippen molar-refractivity contribution >= 4 is 29.1 Å². The van der Waals surface area contributed by atoms with Gasteiger partial charge >= 0.3 is 0 Å². The molecule has 0 saturated heterocycles. The summed E-state index contributed by atoms with van der Waals surface area (Å²) in [6.07, 6.45) is 1.57. The number of carbonyl (C=O) groups is 1. The molecule has 0 radical (unpaired) electrons. The number of hydrogen-bond donors (Lipinski definition) is 0. The third-order valence-corrected chi connectivity index (χ3v) is 4.88. The zero-order valence-electron chi connectivity index (χ0n) is 15.8. The van der Waals surface area contributed by atoms with Crippen molar-refractivity contribution in [3.8, 4) is 5.75 Å². The minimum Gasteiger partial charge on any atom is -0.489 e. The van der Waals surface area contributed by atoms with E-state index < -0.39 is 0 Å². The first kappa shape index (κ1) is 20.2. The highest BCUT2D eigenvalue weighted by atomic mass is 35.5. The molecular formula is C19H20Cl2N4O3. The van der Waals surface area contributed by atoms with Crippen LogP contribution in [0.2, 0.25) is 10.0 Å². The first-order valence-corrected chi connectivity index (χ1v) is 9.45. The fourth-order valence-electron chi connectivity index (χ4n) is 2.71. The van der Waals surface area contributed by atoms with Gasteiger partial charge in [0.1, 0.15) is 18.1 Å². The van der Waals surface area contributed by atoms with Crippen molar-refractivity contribution in [1.82, 2.24) is 19.8 Å². The maximum Gasteiger partial charge on any atom is 0.276 e. The van der Waals surface area contributed by atoms with Gasteiger partial charge in [-0.05, 0) is 38.1 Å². The maximum atomic E-state index is 12.9. The number of nitrogens with zero attached hydrogens (tertiary/aromatic N) is 4. The molecule has 0 fully saturated rings. The molecule has 0 N–H and O–H groups in total. The third kappa shape index (κ3) is 4.31. The Kier molecular flexibility index (Phi) is 6.26. The molecule has 1 amide bonds. The van der Waals surface area contributed by atoms with E-state index in [2.05, 4.69) is 10.3 Å². The second kappa shape index (κ2) is 8.67. The van der Waals surface area contributed by atoms with Crippen LogP contribution in [0.5, 0.6) is 5.75 Å². The molecule has 148 valence electrons. The van der Waals surface area contributed by atoms with Crippen LogP contribution in [0, 0.1) is 6.92 Å². The van der Waals surface area contributed by atoms with Crippen LogP contribution in [0.3, 0.4) is 0 Å². The summed E-state index contributed by atoms with van der Waals surface area (Å²) in [5.41, 5.74) is 1.58. The Bertz CT molecular complexity index is 966. The molecule has 0 saturated carbocycles. The number of amides is 1. The lowest BCUT2D eigenvalue weighted by Crippen LogP contribution is -2.29. The summed E-state index contributed by atoms with van der Waals surface area (Å²) >= 11 is 12.1. The number of halogens is 2. The van der Waals surface area contributed by atoms with Crippen molar-refractivity contribution in [2.45, 2.75) is 33.5 Å². The van der Waals surface area contributed by atoms with E-state index in [1.807, 2.05) is 6.92 Å². The Hall–Kier alpha value is -2.51. The van der Waals surface area contributed by atoms with Gasteiger partial charge in [-0.2, -0.15) is 5.10 Å². The summed E-state index contributed by atoms with van der Waals surface area (Å²) in [6, 6.07) is 6.98. The van der Waals surface area contributed by atoms with E-state index in [4.69, 9.17) is 32.5 Å². The predicted molar refractivity (Wildman–Crippen MR) is 106 cm³/mol. The molecule has 0 unspecified atom stereocenters. The highest BCUT2D eigenvalue weighted by molar-refractivity contribution is 6.31. The van der Waals surface area contributed by atoms with Crippen LogP contribution in [0.15, 0.2) is 35.0 Å². The summed E-state index contributed by atoms with van der Waals surface area (Å²) in [5, 5.41) is 9.27. The minimum atomic E-state index is -0.286. The molecule has 1 aromatic carbocycles. The van der Waals surface area contributed by atoms with Gasteiger partial charge < -0.3 is 14.2 Å². The van der Waals surface area contributed by atoms with Crippen LogP contribution in [-0.2, 0) is 19.7 Å². The Morgan fingerprint density at radius 2 is 2.00 bits per heavy atom. The molecule has 3 rings (SSSR count). The second-order valence-corrected chi connectivity index (χ2v) is 7.07. The van der Waals surface area contributed by atoms with E-state index in [0.717, 1.165) is 5.69 Å². The van der Waals surface area contributed by atoms with E-state index in [-0.39, 0.29) is 18.2 Å². The van der Waals surface area contributed by atoms with Crippen LogP contribution in [-0.4, -0.2) is 32.8 Å². The number of carbonyl (C=O) groups excluding carboxylic acids is 1. The highest BCUT2D eigenvalue weighted by Crippen LogP contribution is 2.22. The predicted octanol–water partition coefficient (Wildman–Crippen LogP) is 4.36. The second-order valence-electron chi connectivity index (χ2n) is 6.22. The molecule has 0 atom stereocenters. The zero-order valence-corrected chi connectivity index (χ0v) is 17.3. The van der Waals surface area contributed by atoms with Gasteiger partial charge in [-0.3, -0.25) is 9.48 Å². The molecule has 3 aromatic rings. The fraction of sp³-hybridized carbons (Fsp3) is 0.316. The van der Waals surface area contributed by atoms with E-state index in [1.165, 1.54) is 4.90 Å². The van der Waals surface area contributed by atoms with Crippen LogP contribution in [0.1, 0.15) is 34.4 Å². The molecule has 0 spiro atoms. The number of aryl methyl sites for hydroxylation is 2. The van der Waals surface area contributed by atoms with Gasteiger partial charge in [0, 0.05) is 18.6 Å². The highest BCUT2D eigenvalue weighted by Gasteiger charge is 2.24. The molecule has 7 nitrogen and oxygen atoms in total. The lowest BCUT2D eigenvalue weighted by Gasteiger charge is -2.17. The summed E-state index contributed by atoms with van der Waals surface area (Å²) in [5.74, 6) is 0.879. The van der Waals surface area contributed by atoms with Crippen molar-refractivity contribution in [2.75, 3.05) is 7.05 Å². The Labute approximate surface area is 172 Å². The van der Waals surface area contributed by atoms with Gasteiger partial charge in [-0.1, -0.05) is 28.4 Å². The molecule has 9 heteroatoms. The standard InChI is InChI=1S/C19H20Cl2N4O3/c1-4-25-17(16(21)9-22-25)10-24(3)19(26)18-15(12(2)28-23-18)11-27-14-7-5-13(20)6-8-14/h5-9H,4,10-11H2,1-3H3. The molecule has 0 bridgehead atoms. The molecular weight excluding hydrogens is 403 g/mol. The molecule has 2 aromatic heterocycles. The van der Waals surface area contributed by atoms with Crippen molar-refractivity contribution < 1.29 is 14.1 Å². The van der Waals surface area contributed by atoms with Crippen molar-refractivity contribution in [1.29, 1.82) is 0 Å². The largest absolute Gasteiger partial charge is 0.489 e. The van der Waals surface area contributed by atoms with Crippen LogP contribution in [0.4, 0.5) is 0 Å². The van der Waals surface area contributed by atoms with Crippen molar-refractivity contribution in [2.24, 2.45) is 0 Å². The first-order valence-electron chi connectivity index (χ1n) is 8.69. The van der Waals surface area contributed by atoms with Crippen LogP contribution >= 0.6 is 23.2 Å². The number of hydrogen-bond acceptors (Lipinski definition) is 5. The van der Waals surface area contributed by atoms with Gasteiger partial charge in [0.05, 0.1) is 29.0 Å². The SMILES string of the molecule is CCn1ncc(Cl)c1CN(C)C(=O)c1noc(C)c1COc1ccc(Cl)cc1. The average Bonchev–Trinajstić information content (AvgIpc) is 3.23. The number of ether oxygens (including phenoxy) is 1. The summed E-state index contributed by atoms with van der Waals surface area (Å²) < 4.78 is 12.7. The van der Waals surface area contributed by atoms with Gasteiger partial charge in [-0.25, -0.2) is 0 Å². The van der Waals surface area contributed by atoms with Crippen molar-refractivity contribution in [3.05, 3.63) is 63.2 Å². The van der Waals surface area contributed by atoms with Gasteiger partial charge in [0.15, 0.2) is 5.69 Å². The van der Waals surface area contributed by atoms with E-state index in [9.17, 15) is 4.79 Å². The molecule has 2 heterocycles. The normalized spacial score (nSPS) is 10.9. The minimum absolute atomic E-state index is 0.152. The van der Waals surface area contributed by atoms with Crippen molar-refractivity contribution in [3.63, 3.8) is 0 Å². The third-order valence-electron chi connectivity index (χ3n) is 4.31. The lowest BCUT2D eigenvalue weighted by molar-refractivity contribution is 0.0769. The Morgan fingerprint density at radius 3 is 2.68 bits per heavy atom. The zero-order chi connectivity index (χ0) is 20.3. The molecule has 28 heavy (non-hydrogen) atoms. The van der Waals surface area contributed by atoms with Gasteiger partial charge in [-0.15, -0.1) is 0 Å². The van der Waals surface area contributed by atoms with Gasteiger partial charge in [0.2, 0.25) is 0 Å². The van der Waals surface area contributed by atoms with E-state index >= 15 is 0 Å². The van der Waals surface area contributed by atoms with Crippen LogP contribution < -0.4 is 4.74 Å². The average molecular weight is 423 g/mol. The lowest BCUT2D eigenvalue weighted by atomic mass is 10.2. The maximum absolute atomic E-state index is 12.9. The van der Waals surface area contributed by atoms with E-state index in [0.29, 0.717) is 40.2 Å². The smallest absolute Gasteiger partial charge is 0.276 e. The van der Waals surface area contributed by atoms with E-state index in [1.54, 1.807) is 49.1 Å². The topological polar surface area (TPSA) is 73.4 Å². The molecule has 0 aliphatic heterocycles.